The summed E-state index contributed by atoms with van der Waals surface area (Å²) in [5.74, 6) is -0.489. The molecule has 3 N–H and O–H groups in total. The monoisotopic (exact) mass is 528 g/mol. The van der Waals surface area contributed by atoms with Crippen molar-refractivity contribution < 1.29 is 19.1 Å². The third-order valence-corrected chi connectivity index (χ3v) is 6.30. The van der Waals surface area contributed by atoms with Gasteiger partial charge in [0, 0.05) is 30.5 Å². The lowest BCUT2D eigenvalue weighted by molar-refractivity contribution is 0.0667. The van der Waals surface area contributed by atoms with Crippen molar-refractivity contribution in [1.29, 1.82) is 5.26 Å². The number of aliphatic hydroxyl groups is 1. The molecule has 4 rings (SSSR count). The van der Waals surface area contributed by atoms with Gasteiger partial charge in [-0.25, -0.2) is 14.2 Å². The van der Waals surface area contributed by atoms with Gasteiger partial charge in [-0.2, -0.15) is 5.26 Å². The fraction of sp³-hybridized carbons (Fsp3) is 0.241. The van der Waals surface area contributed by atoms with E-state index in [0.717, 1.165) is 5.56 Å². The number of amides is 3. The van der Waals surface area contributed by atoms with Gasteiger partial charge in [0.2, 0.25) is 5.95 Å². The highest BCUT2D eigenvalue weighted by atomic mass is 19.1. The van der Waals surface area contributed by atoms with Crippen molar-refractivity contribution >= 4 is 40.3 Å². The number of nitrogens with zero attached hydrogens (tertiary/aromatic N) is 4. The van der Waals surface area contributed by atoms with Crippen LogP contribution in [0.3, 0.4) is 0 Å². The third kappa shape index (κ3) is 6.40. The zero-order chi connectivity index (χ0) is 28.3. The van der Waals surface area contributed by atoms with Crippen LogP contribution in [0.25, 0.3) is 11.0 Å². The number of carbonyl (C=O) groups excluding carboxylic acids is 2. The maximum atomic E-state index is 13.3. The van der Waals surface area contributed by atoms with Gasteiger partial charge in [-0.3, -0.25) is 10.1 Å². The van der Waals surface area contributed by atoms with Crippen molar-refractivity contribution in [2.24, 2.45) is 0 Å². The Kier molecular flexibility index (Phi) is 7.65. The standard InChI is InChI=1S/C29H29FN6O3/c1-18-5-10-22(15-20(18)17-31)32-28(38)34-27-33-24-16-23(11-12-25(24)36(27)14-13-29(2,3)39)35(4)26(37)19-6-8-21(30)9-7-19/h5-12,15-16,39H,13-14H2,1-4H3,(H2,32,33,34,38). The molecule has 3 aromatic carbocycles. The molecule has 9 nitrogen and oxygen atoms in total. The van der Waals surface area contributed by atoms with Gasteiger partial charge in [-0.1, -0.05) is 6.07 Å². The number of hydrogen-bond acceptors (Lipinski definition) is 5. The normalized spacial score (nSPS) is 11.2. The molecule has 0 radical (unpaired) electrons. The first-order valence-corrected chi connectivity index (χ1v) is 12.3. The van der Waals surface area contributed by atoms with Gasteiger partial charge in [0.1, 0.15) is 5.82 Å². The van der Waals surface area contributed by atoms with Crippen LogP contribution in [0, 0.1) is 24.1 Å². The summed E-state index contributed by atoms with van der Waals surface area (Å²) in [5.41, 5.74) is 2.88. The van der Waals surface area contributed by atoms with E-state index in [-0.39, 0.29) is 11.9 Å². The summed E-state index contributed by atoms with van der Waals surface area (Å²) >= 11 is 0. The number of imidazole rings is 1. The molecule has 0 aliphatic rings. The van der Waals surface area contributed by atoms with Crippen LogP contribution < -0.4 is 15.5 Å². The molecule has 0 aliphatic carbocycles. The summed E-state index contributed by atoms with van der Waals surface area (Å²) < 4.78 is 15.1. The lowest BCUT2D eigenvalue weighted by Crippen LogP contribution is -2.26. The molecular weight excluding hydrogens is 499 g/mol. The van der Waals surface area contributed by atoms with E-state index >= 15 is 0 Å². The molecular formula is C29H29FN6O3. The molecule has 0 fully saturated rings. The molecule has 0 bridgehead atoms. The number of nitriles is 1. The number of urea groups is 1. The van der Waals surface area contributed by atoms with Gasteiger partial charge in [0.15, 0.2) is 0 Å². The van der Waals surface area contributed by atoms with Crippen LogP contribution in [0.1, 0.15) is 41.8 Å². The fourth-order valence-electron chi connectivity index (χ4n) is 4.02. The third-order valence-electron chi connectivity index (χ3n) is 6.30. The molecule has 10 heteroatoms. The molecule has 0 spiro atoms. The van der Waals surface area contributed by atoms with Crippen molar-refractivity contribution in [2.75, 3.05) is 22.6 Å². The maximum absolute atomic E-state index is 13.3. The lowest BCUT2D eigenvalue weighted by atomic mass is 10.1. The summed E-state index contributed by atoms with van der Waals surface area (Å²) in [6.07, 6.45) is 0.392. The zero-order valence-electron chi connectivity index (χ0n) is 22.1. The maximum Gasteiger partial charge on any atom is 0.326 e. The zero-order valence-corrected chi connectivity index (χ0v) is 22.1. The molecule has 1 heterocycles. The average Bonchev–Trinajstić information content (AvgIpc) is 3.23. The SMILES string of the molecule is Cc1ccc(NC(=O)Nc2nc3cc(N(C)C(=O)c4ccc(F)cc4)ccc3n2CCC(C)(C)O)cc1C#N. The highest BCUT2D eigenvalue weighted by molar-refractivity contribution is 6.06. The topological polar surface area (TPSA) is 123 Å². The van der Waals surface area contributed by atoms with Crippen LogP contribution in [0.15, 0.2) is 60.7 Å². The van der Waals surface area contributed by atoms with E-state index in [1.54, 1.807) is 61.9 Å². The van der Waals surface area contributed by atoms with Crippen LogP contribution in [0.2, 0.25) is 0 Å². The molecule has 1 aromatic heterocycles. The average molecular weight is 529 g/mol. The lowest BCUT2D eigenvalue weighted by Gasteiger charge is -2.19. The number of nitrogens with one attached hydrogen (secondary N) is 2. The van der Waals surface area contributed by atoms with Crippen LogP contribution in [-0.2, 0) is 6.54 Å². The minimum absolute atomic E-state index is 0.254. The van der Waals surface area contributed by atoms with Crippen molar-refractivity contribution in [3.8, 4) is 6.07 Å². The van der Waals surface area contributed by atoms with Crippen molar-refractivity contribution in [3.05, 3.63) is 83.2 Å². The molecule has 39 heavy (non-hydrogen) atoms. The molecule has 200 valence electrons. The fourth-order valence-corrected chi connectivity index (χ4v) is 4.02. The van der Waals surface area contributed by atoms with Gasteiger partial charge in [-0.05, 0) is 87.4 Å². The Balaban J connectivity index is 1.63. The van der Waals surface area contributed by atoms with Gasteiger partial charge < -0.3 is 19.9 Å². The Labute approximate surface area is 225 Å². The molecule has 0 saturated carbocycles. The number of carbonyl (C=O) groups is 2. The molecule has 0 atom stereocenters. The Morgan fingerprint density at radius 2 is 1.82 bits per heavy atom. The first-order chi connectivity index (χ1) is 18.4. The molecule has 4 aromatic rings. The van der Waals surface area contributed by atoms with Crippen molar-refractivity contribution in [1.82, 2.24) is 9.55 Å². The van der Waals surface area contributed by atoms with E-state index < -0.39 is 17.4 Å². The van der Waals surface area contributed by atoms with Crippen LogP contribution >= 0.6 is 0 Å². The summed E-state index contributed by atoms with van der Waals surface area (Å²) in [4.78, 5) is 31.8. The van der Waals surface area contributed by atoms with Crippen LogP contribution in [-0.4, -0.2) is 39.2 Å². The quantitative estimate of drug-likeness (QED) is 0.295. The predicted octanol–water partition coefficient (Wildman–Crippen LogP) is 5.44. The Morgan fingerprint density at radius 1 is 1.10 bits per heavy atom. The largest absolute Gasteiger partial charge is 0.390 e. The van der Waals surface area contributed by atoms with E-state index in [9.17, 15) is 24.3 Å². The van der Waals surface area contributed by atoms with E-state index in [4.69, 9.17) is 0 Å². The molecule has 3 amide bonds. The van der Waals surface area contributed by atoms with E-state index in [1.165, 1.54) is 29.2 Å². The summed E-state index contributed by atoms with van der Waals surface area (Å²) in [5, 5.41) is 25.1. The Bertz CT molecular complexity index is 1580. The van der Waals surface area contributed by atoms with Gasteiger partial charge >= 0.3 is 6.03 Å². The second-order valence-corrected chi connectivity index (χ2v) is 9.91. The minimum atomic E-state index is -0.951. The molecule has 0 unspecified atom stereocenters. The van der Waals surface area contributed by atoms with Crippen molar-refractivity contribution in [3.63, 3.8) is 0 Å². The summed E-state index contributed by atoms with van der Waals surface area (Å²) in [6.45, 7) is 5.57. The predicted molar refractivity (Wildman–Crippen MR) is 148 cm³/mol. The van der Waals surface area contributed by atoms with E-state index in [2.05, 4.69) is 21.7 Å². The van der Waals surface area contributed by atoms with Gasteiger partial charge in [0.25, 0.3) is 5.91 Å². The number of aryl methyl sites for hydroxylation is 2. The smallest absolute Gasteiger partial charge is 0.326 e. The summed E-state index contributed by atoms with van der Waals surface area (Å²) in [6, 6.07) is 17.2. The van der Waals surface area contributed by atoms with Gasteiger partial charge in [0.05, 0.1) is 28.3 Å². The Morgan fingerprint density at radius 3 is 2.49 bits per heavy atom. The second kappa shape index (κ2) is 10.9. The second-order valence-electron chi connectivity index (χ2n) is 9.91. The minimum Gasteiger partial charge on any atom is -0.390 e. The highest BCUT2D eigenvalue weighted by Gasteiger charge is 2.20. The molecule has 0 saturated heterocycles. The van der Waals surface area contributed by atoms with E-state index in [1.807, 2.05) is 6.92 Å². The van der Waals surface area contributed by atoms with Crippen LogP contribution in [0.4, 0.5) is 26.5 Å². The number of halogens is 1. The first-order valence-electron chi connectivity index (χ1n) is 12.3. The van der Waals surface area contributed by atoms with Crippen molar-refractivity contribution in [2.45, 2.75) is 39.3 Å². The number of rotatable bonds is 7. The van der Waals surface area contributed by atoms with E-state index in [0.29, 0.717) is 46.5 Å². The number of anilines is 3. The number of hydrogen-bond donors (Lipinski definition) is 3. The number of fused-ring (bicyclic) bond motifs is 1. The van der Waals surface area contributed by atoms with Gasteiger partial charge in [-0.15, -0.1) is 0 Å². The first kappa shape index (κ1) is 27.3. The van der Waals surface area contributed by atoms with Crippen LogP contribution in [0.5, 0.6) is 0 Å². The highest BCUT2D eigenvalue weighted by Crippen LogP contribution is 2.27. The summed E-state index contributed by atoms with van der Waals surface area (Å²) in [7, 11) is 1.61. The number of benzene rings is 3. The Hall–Kier alpha value is -4.75. The number of aromatic nitrogens is 2. The molecule has 0 aliphatic heterocycles.